The fourth-order valence-electron chi connectivity index (χ4n) is 4.00. The number of hydrogen-bond acceptors (Lipinski definition) is 5. The molecule has 0 N–H and O–H groups in total. The van der Waals surface area contributed by atoms with Crippen molar-refractivity contribution in [3.63, 3.8) is 0 Å². The normalized spacial score (nSPS) is 19.6. The lowest BCUT2D eigenvalue weighted by atomic mass is 9.85. The zero-order valence-corrected chi connectivity index (χ0v) is 18.1. The lowest BCUT2D eigenvalue weighted by Gasteiger charge is -2.30. The van der Waals surface area contributed by atoms with Gasteiger partial charge in [0.15, 0.2) is 5.78 Å². The molecule has 2 aromatic rings. The number of methoxy groups -OCH3 is 1. The van der Waals surface area contributed by atoms with Crippen molar-refractivity contribution in [2.75, 3.05) is 13.7 Å². The average molecular weight is 453 g/mol. The quantitative estimate of drug-likeness (QED) is 0.380. The molecular weight excluding hydrogens is 432 g/mol. The van der Waals surface area contributed by atoms with Crippen molar-refractivity contribution in [3.05, 3.63) is 76.8 Å². The van der Waals surface area contributed by atoms with Gasteiger partial charge in [-0.3, -0.25) is 19.2 Å². The first-order chi connectivity index (χ1) is 15.4. The predicted molar refractivity (Wildman–Crippen MR) is 117 cm³/mol. The van der Waals surface area contributed by atoms with Crippen LogP contribution in [-0.2, 0) is 9.59 Å². The Morgan fingerprint density at radius 2 is 1.47 bits per heavy atom. The Labute approximate surface area is 190 Å². The molecule has 0 spiro atoms. The van der Waals surface area contributed by atoms with Gasteiger partial charge in [-0.2, -0.15) is 5.01 Å². The number of hydrogen-bond donors (Lipinski definition) is 0. The SMILES string of the molecule is COc1ccc(C(=O)CN(C(=O)c2ccc(Cl)cc2)N2C(=O)[C@H]3CC=CC[C@H]3C2=O)cc1. The van der Waals surface area contributed by atoms with Crippen LogP contribution in [0.4, 0.5) is 0 Å². The molecule has 7 nitrogen and oxygen atoms in total. The Morgan fingerprint density at radius 1 is 0.938 bits per heavy atom. The van der Waals surface area contributed by atoms with Gasteiger partial charge in [0.05, 0.1) is 18.9 Å². The molecule has 164 valence electrons. The topological polar surface area (TPSA) is 84.0 Å². The van der Waals surface area contributed by atoms with E-state index >= 15 is 0 Å². The van der Waals surface area contributed by atoms with Crippen LogP contribution in [-0.4, -0.2) is 47.2 Å². The maximum absolute atomic E-state index is 13.4. The largest absolute Gasteiger partial charge is 0.497 e. The molecule has 0 aromatic heterocycles. The summed E-state index contributed by atoms with van der Waals surface area (Å²) in [5.41, 5.74) is 0.545. The number of imide groups is 1. The number of fused-ring (bicyclic) bond motifs is 1. The highest BCUT2D eigenvalue weighted by molar-refractivity contribution is 6.30. The Kier molecular flexibility index (Phi) is 6.10. The number of ketones is 1. The summed E-state index contributed by atoms with van der Waals surface area (Å²) < 4.78 is 5.11. The summed E-state index contributed by atoms with van der Waals surface area (Å²) in [7, 11) is 1.52. The van der Waals surface area contributed by atoms with Gasteiger partial charge in [0.2, 0.25) is 0 Å². The van der Waals surface area contributed by atoms with E-state index in [2.05, 4.69) is 0 Å². The molecule has 2 aliphatic rings. The Balaban J connectivity index is 1.67. The number of rotatable bonds is 6. The molecular formula is C24H21ClN2O5. The molecule has 2 atom stereocenters. The van der Waals surface area contributed by atoms with Crippen LogP contribution in [0.15, 0.2) is 60.7 Å². The number of benzene rings is 2. The predicted octanol–water partition coefficient (Wildman–Crippen LogP) is 3.54. The first-order valence-corrected chi connectivity index (χ1v) is 10.6. The third-order valence-electron chi connectivity index (χ3n) is 5.76. The van der Waals surface area contributed by atoms with Crippen LogP contribution in [0.25, 0.3) is 0 Å². The second kappa shape index (κ2) is 8.96. The number of Topliss-reactive ketones (excluding diaryl/α,β-unsaturated/α-hetero) is 1. The minimum absolute atomic E-state index is 0.213. The first-order valence-electron chi connectivity index (χ1n) is 10.2. The number of hydrazine groups is 1. The molecule has 4 rings (SSSR count). The second-order valence-electron chi connectivity index (χ2n) is 7.67. The summed E-state index contributed by atoms with van der Waals surface area (Å²) in [6.45, 7) is -0.460. The monoisotopic (exact) mass is 452 g/mol. The van der Waals surface area contributed by atoms with Gasteiger partial charge < -0.3 is 4.74 Å². The van der Waals surface area contributed by atoms with E-state index in [1.165, 1.54) is 31.4 Å². The number of ether oxygens (including phenoxy) is 1. The molecule has 0 unspecified atom stereocenters. The maximum atomic E-state index is 13.4. The molecule has 32 heavy (non-hydrogen) atoms. The standard InChI is InChI=1S/C24H21ClN2O5/c1-32-18-12-8-15(9-13-18)21(28)14-26(22(29)16-6-10-17(25)11-7-16)27-23(30)19-4-2-3-5-20(19)24(27)31/h2-3,6-13,19-20H,4-5,14H2,1H3/t19-,20+. The summed E-state index contributed by atoms with van der Waals surface area (Å²) in [5, 5.41) is 2.26. The Morgan fingerprint density at radius 3 is 2.00 bits per heavy atom. The van der Waals surface area contributed by atoms with E-state index < -0.39 is 41.9 Å². The Bertz CT molecular complexity index is 1070. The summed E-state index contributed by atoms with van der Waals surface area (Å²) in [6.07, 6.45) is 4.59. The molecule has 1 fully saturated rings. The maximum Gasteiger partial charge on any atom is 0.273 e. The van der Waals surface area contributed by atoms with Crippen LogP contribution in [0, 0.1) is 11.8 Å². The number of nitrogens with zero attached hydrogens (tertiary/aromatic N) is 2. The summed E-state index contributed by atoms with van der Waals surface area (Å²) in [4.78, 5) is 52.6. The molecule has 1 aliphatic carbocycles. The van der Waals surface area contributed by atoms with Crippen LogP contribution >= 0.6 is 11.6 Å². The number of allylic oxidation sites excluding steroid dienone is 2. The lowest BCUT2D eigenvalue weighted by Crippen LogP contribution is -2.52. The van der Waals surface area contributed by atoms with E-state index in [9.17, 15) is 19.2 Å². The minimum Gasteiger partial charge on any atom is -0.497 e. The average Bonchev–Trinajstić information content (AvgIpc) is 3.07. The zero-order chi connectivity index (χ0) is 22.8. The summed E-state index contributed by atoms with van der Waals surface area (Å²) in [6, 6.07) is 12.5. The number of halogens is 1. The van der Waals surface area contributed by atoms with Crippen LogP contribution in [0.2, 0.25) is 5.02 Å². The van der Waals surface area contributed by atoms with Gasteiger partial charge in [0, 0.05) is 16.1 Å². The highest BCUT2D eigenvalue weighted by Gasteiger charge is 2.51. The fraction of sp³-hybridized carbons (Fsp3) is 0.250. The lowest BCUT2D eigenvalue weighted by molar-refractivity contribution is -0.154. The number of amides is 3. The van der Waals surface area contributed by atoms with E-state index in [-0.39, 0.29) is 5.56 Å². The van der Waals surface area contributed by atoms with Crippen LogP contribution in [0.3, 0.4) is 0 Å². The molecule has 0 radical (unpaired) electrons. The molecule has 8 heteroatoms. The first kappa shape index (κ1) is 21.8. The van der Waals surface area contributed by atoms with E-state index in [0.29, 0.717) is 29.2 Å². The van der Waals surface area contributed by atoms with Gasteiger partial charge >= 0.3 is 0 Å². The third-order valence-corrected chi connectivity index (χ3v) is 6.01. The fourth-order valence-corrected chi connectivity index (χ4v) is 4.13. The highest BCUT2D eigenvalue weighted by atomic mass is 35.5. The molecule has 3 amide bonds. The molecule has 1 saturated heterocycles. The van der Waals surface area contributed by atoms with E-state index in [1.54, 1.807) is 24.3 Å². The van der Waals surface area contributed by atoms with Gasteiger partial charge in [-0.05, 0) is 61.4 Å². The van der Waals surface area contributed by atoms with Crippen molar-refractivity contribution in [1.29, 1.82) is 0 Å². The summed E-state index contributed by atoms with van der Waals surface area (Å²) in [5.74, 6) is -2.44. The van der Waals surface area contributed by atoms with Gasteiger partial charge in [-0.25, -0.2) is 5.01 Å². The van der Waals surface area contributed by atoms with Crippen molar-refractivity contribution in [1.82, 2.24) is 10.0 Å². The molecule has 1 aliphatic heterocycles. The molecule has 0 bridgehead atoms. The van der Waals surface area contributed by atoms with Gasteiger partial charge in [0.1, 0.15) is 12.3 Å². The van der Waals surface area contributed by atoms with Crippen molar-refractivity contribution in [2.45, 2.75) is 12.8 Å². The minimum atomic E-state index is -0.628. The third kappa shape index (κ3) is 4.03. The smallest absolute Gasteiger partial charge is 0.273 e. The van der Waals surface area contributed by atoms with E-state index in [1.807, 2.05) is 12.2 Å². The van der Waals surface area contributed by atoms with Crippen LogP contribution in [0.1, 0.15) is 33.6 Å². The highest BCUT2D eigenvalue weighted by Crippen LogP contribution is 2.36. The van der Waals surface area contributed by atoms with Crippen molar-refractivity contribution in [2.24, 2.45) is 11.8 Å². The van der Waals surface area contributed by atoms with Crippen molar-refractivity contribution >= 4 is 35.1 Å². The van der Waals surface area contributed by atoms with E-state index in [0.717, 1.165) is 10.0 Å². The van der Waals surface area contributed by atoms with Gasteiger partial charge in [0.25, 0.3) is 17.7 Å². The number of carbonyl (C=O) groups is 4. The zero-order valence-electron chi connectivity index (χ0n) is 17.4. The molecule has 0 saturated carbocycles. The second-order valence-corrected chi connectivity index (χ2v) is 8.10. The van der Waals surface area contributed by atoms with Crippen LogP contribution in [0.5, 0.6) is 5.75 Å². The van der Waals surface area contributed by atoms with Crippen molar-refractivity contribution < 1.29 is 23.9 Å². The van der Waals surface area contributed by atoms with E-state index in [4.69, 9.17) is 16.3 Å². The molecule has 1 heterocycles. The number of carbonyl (C=O) groups excluding carboxylic acids is 4. The molecule has 2 aromatic carbocycles. The van der Waals surface area contributed by atoms with Gasteiger partial charge in [-0.15, -0.1) is 0 Å². The Hall–Kier alpha value is -3.45. The van der Waals surface area contributed by atoms with Crippen LogP contribution < -0.4 is 4.74 Å². The van der Waals surface area contributed by atoms with Crippen molar-refractivity contribution in [3.8, 4) is 5.75 Å². The summed E-state index contributed by atoms with van der Waals surface area (Å²) >= 11 is 5.93. The van der Waals surface area contributed by atoms with Gasteiger partial charge in [-0.1, -0.05) is 23.8 Å².